The molecule has 1 heterocycles. The van der Waals surface area contributed by atoms with Gasteiger partial charge in [0.25, 0.3) is 0 Å². The molecular formula is C29H30N3O4S+. The standard InChI is InChI=1S/C29H29N3O4S/c1-4-19-31-25-12-7-5-10-23(25)28(24-11-6-8-13-26(24)31)29(34)32(20-9-14-27(33)30-3)37(35,36)22-17-15-21(2)16-18-22/h1,5-8,10-13,15-18,29,34H,9,14,19-20H2,2-3H3/p+1. The highest BCUT2D eigenvalue weighted by Crippen LogP contribution is 2.35. The smallest absolute Gasteiger partial charge is 0.245 e. The number of para-hydroxylation sites is 2. The topological polar surface area (TPSA) is 90.6 Å². The summed E-state index contributed by atoms with van der Waals surface area (Å²) in [7, 11) is -2.58. The number of hydrogen-bond acceptors (Lipinski definition) is 4. The van der Waals surface area contributed by atoms with Gasteiger partial charge in [0, 0.05) is 37.7 Å². The number of sulfonamides is 1. The minimum Gasteiger partial charge on any atom is -0.373 e. The zero-order valence-corrected chi connectivity index (χ0v) is 21.7. The largest absolute Gasteiger partial charge is 0.373 e. The molecule has 0 spiro atoms. The van der Waals surface area contributed by atoms with Gasteiger partial charge >= 0.3 is 0 Å². The third kappa shape index (κ3) is 5.20. The van der Waals surface area contributed by atoms with Crippen molar-refractivity contribution in [3.05, 3.63) is 83.9 Å². The van der Waals surface area contributed by atoms with Gasteiger partial charge in [-0.3, -0.25) is 4.79 Å². The van der Waals surface area contributed by atoms with Crippen LogP contribution in [0.5, 0.6) is 0 Å². The zero-order chi connectivity index (χ0) is 26.6. The molecule has 8 heteroatoms. The van der Waals surface area contributed by atoms with E-state index in [1.165, 1.54) is 19.2 Å². The number of aliphatic hydroxyl groups excluding tert-OH is 1. The maximum absolute atomic E-state index is 13.9. The van der Waals surface area contributed by atoms with E-state index < -0.39 is 16.3 Å². The average molecular weight is 517 g/mol. The lowest BCUT2D eigenvalue weighted by molar-refractivity contribution is -0.632. The Morgan fingerprint density at radius 3 is 2.14 bits per heavy atom. The van der Waals surface area contributed by atoms with E-state index in [1.807, 2.05) is 60.0 Å². The molecule has 0 aliphatic carbocycles. The molecule has 0 saturated heterocycles. The van der Waals surface area contributed by atoms with Crippen LogP contribution in [0.2, 0.25) is 0 Å². The number of hydrogen-bond donors (Lipinski definition) is 2. The van der Waals surface area contributed by atoms with Crippen molar-refractivity contribution in [1.82, 2.24) is 9.62 Å². The number of aromatic nitrogens is 1. The van der Waals surface area contributed by atoms with Crippen molar-refractivity contribution in [2.75, 3.05) is 13.6 Å². The molecule has 190 valence electrons. The van der Waals surface area contributed by atoms with E-state index in [1.54, 1.807) is 12.1 Å². The molecule has 4 aromatic rings. The fourth-order valence-electron chi connectivity index (χ4n) is 4.57. The normalized spacial score (nSPS) is 12.5. The second-order valence-corrected chi connectivity index (χ2v) is 10.7. The first-order chi connectivity index (χ1) is 17.8. The van der Waals surface area contributed by atoms with E-state index in [0.717, 1.165) is 20.9 Å². The summed E-state index contributed by atoms with van der Waals surface area (Å²) in [6.07, 6.45) is 4.53. The number of fused-ring (bicyclic) bond motifs is 2. The lowest BCUT2D eigenvalue weighted by Gasteiger charge is -2.29. The lowest BCUT2D eigenvalue weighted by atomic mass is 10.00. The van der Waals surface area contributed by atoms with Crippen LogP contribution in [0, 0.1) is 19.3 Å². The summed E-state index contributed by atoms with van der Waals surface area (Å²) in [5.41, 5.74) is 2.95. The van der Waals surface area contributed by atoms with E-state index in [-0.39, 0.29) is 30.2 Å². The van der Waals surface area contributed by atoms with Gasteiger partial charge in [0.1, 0.15) is 6.23 Å². The third-order valence-electron chi connectivity index (χ3n) is 6.44. The van der Waals surface area contributed by atoms with Crippen molar-refractivity contribution in [3.8, 4) is 12.3 Å². The number of terminal acetylenes is 1. The van der Waals surface area contributed by atoms with Crippen LogP contribution in [0.4, 0.5) is 0 Å². The zero-order valence-electron chi connectivity index (χ0n) is 20.9. The van der Waals surface area contributed by atoms with Crippen LogP contribution in [0.25, 0.3) is 21.8 Å². The number of rotatable bonds is 9. The molecular weight excluding hydrogens is 486 g/mol. The highest BCUT2D eigenvalue weighted by Gasteiger charge is 2.35. The molecule has 0 saturated carbocycles. The second-order valence-electron chi connectivity index (χ2n) is 8.82. The highest BCUT2D eigenvalue weighted by atomic mass is 32.2. The van der Waals surface area contributed by atoms with Crippen LogP contribution < -0.4 is 9.88 Å². The quantitative estimate of drug-likeness (QED) is 0.154. The third-order valence-corrected chi connectivity index (χ3v) is 8.31. The Labute approximate surface area is 217 Å². The molecule has 1 amide bonds. The van der Waals surface area contributed by atoms with E-state index >= 15 is 0 Å². The Morgan fingerprint density at radius 1 is 1.03 bits per heavy atom. The molecule has 4 rings (SSSR count). The number of carbonyl (C=O) groups is 1. The first-order valence-corrected chi connectivity index (χ1v) is 13.5. The summed E-state index contributed by atoms with van der Waals surface area (Å²) in [5.74, 6) is 2.49. The Hall–Kier alpha value is -3.77. The SMILES string of the molecule is C#CC[n+]1c2ccccc2c(C(O)N(CCCC(=O)NC)S(=O)(=O)c2ccc(C)cc2)c2ccccc21. The number of amides is 1. The van der Waals surface area contributed by atoms with Crippen molar-refractivity contribution >= 4 is 37.7 Å². The van der Waals surface area contributed by atoms with Crippen molar-refractivity contribution in [1.29, 1.82) is 0 Å². The van der Waals surface area contributed by atoms with Gasteiger partial charge in [-0.2, -0.15) is 8.87 Å². The molecule has 1 aromatic heterocycles. The second kappa shape index (κ2) is 11.1. The molecule has 1 unspecified atom stereocenters. The Balaban J connectivity index is 1.93. The predicted molar refractivity (Wildman–Crippen MR) is 144 cm³/mol. The van der Waals surface area contributed by atoms with Crippen molar-refractivity contribution in [2.24, 2.45) is 0 Å². The first-order valence-electron chi connectivity index (χ1n) is 12.0. The number of aryl methyl sites for hydroxylation is 1. The van der Waals surface area contributed by atoms with Crippen molar-refractivity contribution in [2.45, 2.75) is 37.4 Å². The summed E-state index contributed by atoms with van der Waals surface area (Å²) in [6, 6.07) is 21.5. The first kappa shape index (κ1) is 26.3. The number of nitrogens with zero attached hydrogens (tertiary/aromatic N) is 2. The maximum atomic E-state index is 13.9. The minimum absolute atomic E-state index is 0.0489. The van der Waals surface area contributed by atoms with Crippen LogP contribution in [0.3, 0.4) is 0 Å². The lowest BCUT2D eigenvalue weighted by Crippen LogP contribution is -2.39. The van der Waals surface area contributed by atoms with Gasteiger partial charge < -0.3 is 10.4 Å². The number of aliphatic hydroxyl groups is 1. The van der Waals surface area contributed by atoms with Gasteiger partial charge in [-0.15, -0.1) is 6.42 Å². The molecule has 0 bridgehead atoms. The number of pyridine rings is 1. The number of nitrogens with one attached hydrogen (secondary N) is 1. The molecule has 2 N–H and O–H groups in total. The maximum Gasteiger partial charge on any atom is 0.245 e. The summed E-state index contributed by atoms with van der Waals surface area (Å²) >= 11 is 0. The number of carbonyl (C=O) groups excluding carboxylic acids is 1. The Bertz CT molecular complexity index is 1530. The minimum atomic E-state index is -4.12. The van der Waals surface area contributed by atoms with Crippen molar-refractivity contribution < 1.29 is 22.9 Å². The molecule has 7 nitrogen and oxygen atoms in total. The molecule has 0 aliphatic rings. The summed E-state index contributed by atoms with van der Waals surface area (Å²) in [4.78, 5) is 12.0. The molecule has 1 atom stereocenters. The van der Waals surface area contributed by atoms with Crippen LogP contribution in [0.1, 0.15) is 30.2 Å². The Kier molecular flexibility index (Phi) is 7.89. The van der Waals surface area contributed by atoms with Gasteiger partial charge in [-0.1, -0.05) is 42.0 Å². The fourth-order valence-corrected chi connectivity index (χ4v) is 6.06. The summed E-state index contributed by atoms with van der Waals surface area (Å²) in [6.45, 7) is 2.14. The highest BCUT2D eigenvalue weighted by molar-refractivity contribution is 7.89. The number of benzene rings is 3. The van der Waals surface area contributed by atoms with E-state index in [4.69, 9.17) is 6.42 Å². The van der Waals surface area contributed by atoms with Crippen LogP contribution in [-0.2, 0) is 21.4 Å². The van der Waals surface area contributed by atoms with E-state index in [9.17, 15) is 18.3 Å². The van der Waals surface area contributed by atoms with Gasteiger partial charge in [0.2, 0.25) is 33.5 Å². The summed E-state index contributed by atoms with van der Waals surface area (Å²) < 4.78 is 30.8. The van der Waals surface area contributed by atoms with Crippen LogP contribution >= 0.6 is 0 Å². The monoisotopic (exact) mass is 516 g/mol. The van der Waals surface area contributed by atoms with Crippen LogP contribution in [-0.4, -0.2) is 37.3 Å². The molecule has 0 aliphatic heterocycles. The molecule has 0 fully saturated rings. The molecule has 0 radical (unpaired) electrons. The van der Waals surface area contributed by atoms with E-state index in [0.29, 0.717) is 22.9 Å². The van der Waals surface area contributed by atoms with Gasteiger partial charge in [-0.05, 0) is 43.5 Å². The van der Waals surface area contributed by atoms with Crippen LogP contribution in [0.15, 0.2) is 77.7 Å². The van der Waals surface area contributed by atoms with Gasteiger partial charge in [0.15, 0.2) is 0 Å². The molecule has 37 heavy (non-hydrogen) atoms. The van der Waals surface area contributed by atoms with Crippen molar-refractivity contribution in [3.63, 3.8) is 0 Å². The predicted octanol–water partition coefficient (Wildman–Crippen LogP) is 3.43. The van der Waals surface area contributed by atoms with Gasteiger partial charge in [0.05, 0.1) is 15.7 Å². The van der Waals surface area contributed by atoms with Gasteiger partial charge in [-0.25, -0.2) is 8.42 Å². The Morgan fingerprint density at radius 2 is 1.59 bits per heavy atom. The fraction of sp³-hybridized carbons (Fsp3) is 0.241. The summed E-state index contributed by atoms with van der Waals surface area (Å²) in [5, 5.41) is 15.8. The molecule has 3 aromatic carbocycles. The van der Waals surface area contributed by atoms with E-state index in [2.05, 4.69) is 11.2 Å². The average Bonchev–Trinajstić information content (AvgIpc) is 2.90.